The number of aryl methyl sites for hydroxylation is 1. The average molecular weight is 373 g/mol. The smallest absolute Gasteiger partial charge is 0.243 e. The normalized spacial score (nSPS) is 23.7. The molecular formula is C18H23N5O2S. The number of aliphatic imine (C=N–C) groups is 2. The highest BCUT2D eigenvalue weighted by atomic mass is 32.2. The Morgan fingerprint density at radius 3 is 2.54 bits per heavy atom. The third kappa shape index (κ3) is 2.93. The maximum Gasteiger partial charge on any atom is 0.243 e. The van der Waals surface area contributed by atoms with Crippen molar-refractivity contribution in [1.82, 2.24) is 14.1 Å². The summed E-state index contributed by atoms with van der Waals surface area (Å²) in [4.78, 5) is 13.8. The molecule has 8 heteroatoms. The van der Waals surface area contributed by atoms with Gasteiger partial charge in [0.1, 0.15) is 0 Å². The summed E-state index contributed by atoms with van der Waals surface area (Å²) in [5, 5.41) is 0. The van der Waals surface area contributed by atoms with Gasteiger partial charge in [0.05, 0.1) is 10.9 Å². The van der Waals surface area contributed by atoms with Crippen molar-refractivity contribution in [3.63, 3.8) is 0 Å². The number of hydrogen-bond acceptors (Lipinski definition) is 6. The molecular weight excluding hydrogens is 350 g/mol. The SMILES string of the molecule is Cc1ccccc1S(=O)(=O)N1CCN(C2=NC=CN3C[C@H](C)N=C23)CC1. The lowest BCUT2D eigenvalue weighted by Crippen LogP contribution is -2.53. The minimum absolute atomic E-state index is 0.251. The van der Waals surface area contributed by atoms with Crippen LogP contribution in [0.5, 0.6) is 0 Å². The summed E-state index contributed by atoms with van der Waals surface area (Å²) in [6.07, 6.45) is 3.74. The van der Waals surface area contributed by atoms with Crippen molar-refractivity contribution in [2.24, 2.45) is 9.98 Å². The first-order valence-electron chi connectivity index (χ1n) is 8.87. The van der Waals surface area contributed by atoms with E-state index in [1.807, 2.05) is 25.3 Å². The molecule has 0 unspecified atom stereocenters. The summed E-state index contributed by atoms with van der Waals surface area (Å²) in [6, 6.07) is 7.39. The zero-order valence-corrected chi connectivity index (χ0v) is 15.9. The number of fused-ring (bicyclic) bond motifs is 1. The van der Waals surface area contributed by atoms with Crippen molar-refractivity contribution >= 4 is 21.7 Å². The second-order valence-corrected chi connectivity index (χ2v) is 8.77. The Labute approximate surface area is 154 Å². The van der Waals surface area contributed by atoms with Gasteiger partial charge >= 0.3 is 0 Å². The van der Waals surface area contributed by atoms with Gasteiger partial charge in [-0.15, -0.1) is 0 Å². The maximum atomic E-state index is 13.0. The van der Waals surface area contributed by atoms with Gasteiger partial charge < -0.3 is 9.80 Å². The van der Waals surface area contributed by atoms with Gasteiger partial charge in [-0.1, -0.05) is 18.2 Å². The third-order valence-corrected chi connectivity index (χ3v) is 7.03. The fraction of sp³-hybridized carbons (Fsp3) is 0.444. The average Bonchev–Trinajstić information content (AvgIpc) is 3.02. The molecule has 1 atom stereocenters. The van der Waals surface area contributed by atoms with Gasteiger partial charge in [0.25, 0.3) is 0 Å². The van der Waals surface area contributed by atoms with Crippen LogP contribution >= 0.6 is 0 Å². The largest absolute Gasteiger partial charge is 0.351 e. The Morgan fingerprint density at radius 1 is 1.08 bits per heavy atom. The van der Waals surface area contributed by atoms with Crippen LogP contribution in [0.4, 0.5) is 0 Å². The van der Waals surface area contributed by atoms with Gasteiger partial charge in [-0.05, 0) is 25.5 Å². The minimum Gasteiger partial charge on any atom is -0.351 e. The van der Waals surface area contributed by atoms with E-state index in [-0.39, 0.29) is 6.04 Å². The molecule has 1 aromatic carbocycles. The van der Waals surface area contributed by atoms with Gasteiger partial charge in [0, 0.05) is 45.1 Å². The van der Waals surface area contributed by atoms with Gasteiger partial charge in [-0.25, -0.2) is 13.4 Å². The standard InChI is InChI=1S/C18H23N5O2S/c1-14-5-3-4-6-16(14)26(24,25)23-11-9-21(10-12-23)17-18-20-15(2)13-22(18)8-7-19-17/h3-8,15H,9-13H2,1-2H3/t15-/m0/s1. The van der Waals surface area contributed by atoms with Crippen LogP contribution in [0.25, 0.3) is 0 Å². The van der Waals surface area contributed by atoms with E-state index in [9.17, 15) is 8.42 Å². The van der Waals surface area contributed by atoms with Gasteiger partial charge in [-0.3, -0.25) is 4.99 Å². The van der Waals surface area contributed by atoms with Crippen molar-refractivity contribution in [3.05, 3.63) is 42.2 Å². The number of sulfonamides is 1. The van der Waals surface area contributed by atoms with E-state index in [4.69, 9.17) is 0 Å². The topological polar surface area (TPSA) is 68.6 Å². The molecule has 3 aliphatic heterocycles. The molecule has 0 aromatic heterocycles. The molecule has 0 N–H and O–H groups in total. The number of hydrogen-bond donors (Lipinski definition) is 0. The number of piperazine rings is 1. The third-order valence-electron chi connectivity index (χ3n) is 4.97. The molecule has 0 amide bonds. The summed E-state index contributed by atoms with van der Waals surface area (Å²) in [5.41, 5.74) is 0.779. The zero-order chi connectivity index (χ0) is 18.3. The second kappa shape index (κ2) is 6.51. The molecule has 0 radical (unpaired) electrons. The van der Waals surface area contributed by atoms with Crippen molar-refractivity contribution in [3.8, 4) is 0 Å². The molecule has 3 aliphatic rings. The molecule has 4 rings (SSSR count). The Bertz CT molecular complexity index is 898. The van der Waals surface area contributed by atoms with E-state index < -0.39 is 10.0 Å². The molecule has 1 aromatic rings. The monoisotopic (exact) mass is 373 g/mol. The van der Waals surface area contributed by atoms with Gasteiger partial charge in [0.2, 0.25) is 10.0 Å². The highest BCUT2D eigenvalue weighted by Crippen LogP contribution is 2.22. The second-order valence-electron chi connectivity index (χ2n) is 6.86. The first kappa shape index (κ1) is 17.2. The van der Waals surface area contributed by atoms with Crippen LogP contribution in [0, 0.1) is 6.92 Å². The first-order chi connectivity index (χ1) is 12.5. The van der Waals surface area contributed by atoms with Crippen LogP contribution in [-0.2, 0) is 10.0 Å². The van der Waals surface area contributed by atoms with Crippen LogP contribution in [0.3, 0.4) is 0 Å². The van der Waals surface area contributed by atoms with Gasteiger partial charge in [0.15, 0.2) is 11.7 Å². The fourth-order valence-corrected chi connectivity index (χ4v) is 5.25. The first-order valence-corrected chi connectivity index (χ1v) is 10.3. The predicted molar refractivity (Wildman–Crippen MR) is 102 cm³/mol. The van der Waals surface area contributed by atoms with Crippen LogP contribution in [-0.4, -0.2) is 73.0 Å². The lowest BCUT2D eigenvalue weighted by atomic mass is 10.2. The van der Waals surface area contributed by atoms with Crippen LogP contribution in [0.15, 0.2) is 51.5 Å². The highest BCUT2D eigenvalue weighted by molar-refractivity contribution is 7.89. The molecule has 26 heavy (non-hydrogen) atoms. The van der Waals surface area contributed by atoms with Gasteiger partial charge in [-0.2, -0.15) is 4.31 Å². The quantitative estimate of drug-likeness (QED) is 0.783. The van der Waals surface area contributed by atoms with Crippen LogP contribution < -0.4 is 0 Å². The molecule has 7 nitrogen and oxygen atoms in total. The molecule has 138 valence electrons. The number of rotatable bonds is 2. The summed E-state index contributed by atoms with van der Waals surface area (Å²) >= 11 is 0. The Morgan fingerprint density at radius 2 is 1.81 bits per heavy atom. The number of benzene rings is 1. The molecule has 1 saturated heterocycles. The van der Waals surface area contributed by atoms with E-state index in [0.717, 1.165) is 23.8 Å². The minimum atomic E-state index is -3.46. The Balaban J connectivity index is 1.50. The molecule has 3 heterocycles. The lowest BCUT2D eigenvalue weighted by molar-refractivity contribution is 0.267. The lowest BCUT2D eigenvalue weighted by Gasteiger charge is -2.37. The van der Waals surface area contributed by atoms with E-state index in [0.29, 0.717) is 31.1 Å². The van der Waals surface area contributed by atoms with Crippen molar-refractivity contribution in [2.45, 2.75) is 24.8 Å². The summed E-state index contributed by atoms with van der Waals surface area (Å²) < 4.78 is 27.5. The molecule has 1 fully saturated rings. The van der Waals surface area contributed by atoms with Crippen molar-refractivity contribution in [2.75, 3.05) is 32.7 Å². The Hall–Kier alpha value is -2.19. The van der Waals surface area contributed by atoms with E-state index in [1.165, 1.54) is 0 Å². The molecule has 0 aliphatic carbocycles. The fourth-order valence-electron chi connectivity index (χ4n) is 3.60. The van der Waals surface area contributed by atoms with E-state index in [1.54, 1.807) is 22.6 Å². The number of amidine groups is 2. The van der Waals surface area contributed by atoms with E-state index in [2.05, 4.69) is 26.7 Å². The van der Waals surface area contributed by atoms with E-state index >= 15 is 0 Å². The molecule has 0 saturated carbocycles. The van der Waals surface area contributed by atoms with Crippen molar-refractivity contribution in [1.29, 1.82) is 0 Å². The maximum absolute atomic E-state index is 13.0. The van der Waals surface area contributed by atoms with Crippen LogP contribution in [0.2, 0.25) is 0 Å². The summed E-state index contributed by atoms with van der Waals surface area (Å²) in [6.45, 7) is 6.90. The Kier molecular flexibility index (Phi) is 4.32. The molecule has 0 spiro atoms. The molecule has 0 bridgehead atoms. The highest BCUT2D eigenvalue weighted by Gasteiger charge is 2.34. The zero-order valence-electron chi connectivity index (χ0n) is 15.0. The summed E-state index contributed by atoms with van der Waals surface area (Å²) in [7, 11) is -3.46. The predicted octanol–water partition coefficient (Wildman–Crippen LogP) is 1.29. The van der Waals surface area contributed by atoms with Crippen LogP contribution in [0.1, 0.15) is 12.5 Å². The summed E-state index contributed by atoms with van der Waals surface area (Å²) in [5.74, 6) is 1.75. The van der Waals surface area contributed by atoms with Crippen molar-refractivity contribution < 1.29 is 8.42 Å². The number of nitrogens with zero attached hydrogens (tertiary/aromatic N) is 5.